The topological polar surface area (TPSA) is 43.4 Å². The van der Waals surface area contributed by atoms with Crippen molar-refractivity contribution in [2.75, 3.05) is 6.26 Å². The van der Waals surface area contributed by atoms with Crippen LogP contribution in [0.3, 0.4) is 0 Å². The summed E-state index contributed by atoms with van der Waals surface area (Å²) in [6.45, 7) is 1.12. The van der Waals surface area contributed by atoms with E-state index >= 15 is 0 Å². The van der Waals surface area contributed by atoms with Gasteiger partial charge in [-0.2, -0.15) is 26.0 Å². The molecule has 0 aromatic carbocycles. The van der Waals surface area contributed by atoms with E-state index in [2.05, 4.69) is 4.18 Å². The minimum Gasteiger partial charge on any atom is -0.257 e. The second-order valence-corrected chi connectivity index (χ2v) is 7.07. The molecule has 0 heterocycles. The van der Waals surface area contributed by atoms with E-state index in [-0.39, 0.29) is 25.7 Å². The van der Waals surface area contributed by atoms with Crippen molar-refractivity contribution in [2.45, 2.75) is 50.1 Å². The first-order chi connectivity index (χ1) is 7.87. The number of alkyl halides is 4. The van der Waals surface area contributed by atoms with Crippen molar-refractivity contribution in [3.8, 4) is 0 Å². The van der Waals surface area contributed by atoms with E-state index in [0.29, 0.717) is 6.26 Å². The van der Waals surface area contributed by atoms with Crippen LogP contribution < -0.4 is 0 Å². The summed E-state index contributed by atoms with van der Waals surface area (Å²) < 4.78 is 82.2. The minimum absolute atomic E-state index is 0.175. The fraction of sp³-hybridized carbons (Fsp3) is 1.00. The Morgan fingerprint density at radius 3 is 1.78 bits per heavy atom. The molecule has 0 unspecified atom stereocenters. The smallest absolute Gasteiger partial charge is 0.257 e. The van der Waals surface area contributed by atoms with Crippen molar-refractivity contribution in [3.63, 3.8) is 0 Å². The van der Waals surface area contributed by atoms with Gasteiger partial charge in [-0.15, -0.1) is 0 Å². The summed E-state index contributed by atoms with van der Waals surface area (Å²) in [5.74, 6) is -8.74. The molecule has 2 bridgehead atoms. The largest absolute Gasteiger partial charge is 0.340 e. The maximum Gasteiger partial charge on any atom is 0.340 e. The molecule has 3 aliphatic rings. The number of halogens is 4. The zero-order chi connectivity index (χ0) is 14.0. The van der Waals surface area contributed by atoms with Gasteiger partial charge in [0.2, 0.25) is 0 Å². The molecule has 0 radical (unpaired) electrons. The quantitative estimate of drug-likeness (QED) is 0.580. The van der Waals surface area contributed by atoms with E-state index in [4.69, 9.17) is 0 Å². The Morgan fingerprint density at radius 2 is 1.39 bits per heavy atom. The van der Waals surface area contributed by atoms with Crippen LogP contribution in [0.2, 0.25) is 0 Å². The van der Waals surface area contributed by atoms with Gasteiger partial charge in [-0.3, -0.25) is 4.18 Å². The van der Waals surface area contributed by atoms with Crippen LogP contribution >= 0.6 is 0 Å². The molecule has 18 heavy (non-hydrogen) atoms. The Balaban J connectivity index is 2.51. The van der Waals surface area contributed by atoms with Gasteiger partial charge < -0.3 is 0 Å². The third-order valence-corrected chi connectivity index (χ3v) is 4.82. The molecular weight excluding hydrogens is 276 g/mol. The zero-order valence-electron chi connectivity index (χ0n) is 9.97. The highest BCUT2D eigenvalue weighted by molar-refractivity contribution is 7.86. The molecule has 3 aliphatic carbocycles. The number of fused-ring (bicyclic) bond motifs is 3. The Bertz CT molecular complexity index is 464. The fourth-order valence-corrected chi connectivity index (χ4v) is 3.77. The number of rotatable bonds is 2. The Hall–Kier alpha value is -0.370. The third-order valence-electron chi connectivity index (χ3n) is 4.20. The van der Waals surface area contributed by atoms with Crippen LogP contribution in [-0.2, 0) is 14.3 Å². The average molecular weight is 290 g/mol. The number of hydrogen-bond acceptors (Lipinski definition) is 3. The van der Waals surface area contributed by atoms with Gasteiger partial charge in [0, 0.05) is 5.41 Å². The van der Waals surface area contributed by atoms with Gasteiger partial charge in [-0.05, 0) is 25.7 Å². The van der Waals surface area contributed by atoms with Crippen LogP contribution in [0.1, 0.15) is 32.6 Å². The standard InChI is InChI=1S/C10H14F4O3S/c1-7-3-5-8(6-4-7,17-18(2,15)16)10(13,14)9(7,11)12/h3-6H2,1-2H3. The van der Waals surface area contributed by atoms with Crippen LogP contribution in [0, 0.1) is 5.41 Å². The lowest BCUT2D eigenvalue weighted by atomic mass is 9.55. The molecule has 3 nitrogen and oxygen atoms in total. The summed E-state index contributed by atoms with van der Waals surface area (Å²) in [4.78, 5) is 0. The van der Waals surface area contributed by atoms with E-state index < -0.39 is 33.0 Å². The molecule has 3 fully saturated rings. The zero-order valence-corrected chi connectivity index (χ0v) is 10.8. The van der Waals surface area contributed by atoms with Crippen LogP contribution in [0.25, 0.3) is 0 Å². The second kappa shape index (κ2) is 3.39. The molecule has 0 atom stereocenters. The Labute approximate surface area is 103 Å². The van der Waals surface area contributed by atoms with Crippen molar-refractivity contribution in [2.24, 2.45) is 5.41 Å². The molecule has 3 rings (SSSR count). The molecular formula is C10H14F4O3S. The summed E-state index contributed by atoms with van der Waals surface area (Å²) in [6.07, 6.45) is -0.507. The lowest BCUT2D eigenvalue weighted by Gasteiger charge is -2.58. The maximum atomic E-state index is 14.0. The maximum absolute atomic E-state index is 14.0. The van der Waals surface area contributed by atoms with Gasteiger partial charge in [0.1, 0.15) is 0 Å². The summed E-state index contributed by atoms with van der Waals surface area (Å²) in [5, 5.41) is 0. The predicted octanol–water partition coefficient (Wildman–Crippen LogP) is 2.57. The molecule has 0 spiro atoms. The summed E-state index contributed by atoms with van der Waals surface area (Å²) in [6, 6.07) is 0. The molecule has 0 aromatic heterocycles. The van der Waals surface area contributed by atoms with Crippen molar-refractivity contribution >= 4 is 10.1 Å². The van der Waals surface area contributed by atoms with Gasteiger partial charge in [0.25, 0.3) is 10.1 Å². The molecule has 0 aromatic rings. The second-order valence-electron chi connectivity index (χ2n) is 5.49. The Kier molecular flexibility index (Phi) is 2.64. The molecule has 0 N–H and O–H groups in total. The lowest BCUT2D eigenvalue weighted by Crippen LogP contribution is -2.73. The molecule has 3 saturated carbocycles. The first-order valence-corrected chi connectivity index (χ1v) is 7.35. The summed E-state index contributed by atoms with van der Waals surface area (Å²) in [7, 11) is -4.22. The molecule has 0 aliphatic heterocycles. The van der Waals surface area contributed by atoms with E-state index in [0.717, 1.165) is 6.92 Å². The normalized spacial score (nSPS) is 41.9. The van der Waals surface area contributed by atoms with Gasteiger partial charge in [-0.25, -0.2) is 0 Å². The SMILES string of the molecule is CC12CCC(OS(C)(=O)=O)(CC1)C(F)(F)C2(F)F. The van der Waals surface area contributed by atoms with Crippen LogP contribution in [0.5, 0.6) is 0 Å². The average Bonchev–Trinajstić information content (AvgIpc) is 2.17. The van der Waals surface area contributed by atoms with Gasteiger partial charge in [0.15, 0.2) is 5.60 Å². The van der Waals surface area contributed by atoms with Crippen molar-refractivity contribution in [1.29, 1.82) is 0 Å². The first-order valence-electron chi connectivity index (χ1n) is 5.53. The predicted molar refractivity (Wildman–Crippen MR) is 55.1 cm³/mol. The van der Waals surface area contributed by atoms with Crippen LogP contribution in [0.15, 0.2) is 0 Å². The van der Waals surface area contributed by atoms with Gasteiger partial charge in [-0.1, -0.05) is 6.92 Å². The summed E-state index contributed by atoms with van der Waals surface area (Å²) >= 11 is 0. The fourth-order valence-electron chi connectivity index (χ4n) is 2.92. The first kappa shape index (κ1) is 14.0. The Morgan fingerprint density at radius 1 is 0.944 bits per heavy atom. The van der Waals surface area contributed by atoms with E-state index in [9.17, 15) is 26.0 Å². The highest BCUT2D eigenvalue weighted by atomic mass is 32.2. The van der Waals surface area contributed by atoms with Crippen molar-refractivity contribution in [1.82, 2.24) is 0 Å². The molecule has 106 valence electrons. The van der Waals surface area contributed by atoms with E-state index in [1.54, 1.807) is 0 Å². The van der Waals surface area contributed by atoms with Gasteiger partial charge in [0.05, 0.1) is 6.26 Å². The molecule has 0 saturated heterocycles. The minimum atomic E-state index is -4.48. The molecule has 0 amide bonds. The van der Waals surface area contributed by atoms with Gasteiger partial charge >= 0.3 is 11.8 Å². The third kappa shape index (κ3) is 1.54. The highest BCUT2D eigenvalue weighted by Crippen LogP contribution is 2.67. The number of hydrogen-bond donors (Lipinski definition) is 0. The van der Waals surface area contributed by atoms with Crippen molar-refractivity contribution < 1.29 is 30.2 Å². The molecule has 8 heteroatoms. The lowest BCUT2D eigenvalue weighted by molar-refractivity contribution is -0.371. The van der Waals surface area contributed by atoms with E-state index in [1.807, 2.05) is 0 Å². The summed E-state index contributed by atoms with van der Waals surface area (Å²) in [5.41, 5.74) is -4.39. The van der Waals surface area contributed by atoms with Crippen LogP contribution in [0.4, 0.5) is 17.6 Å². The van der Waals surface area contributed by atoms with E-state index in [1.165, 1.54) is 0 Å². The highest BCUT2D eigenvalue weighted by Gasteiger charge is 2.81. The monoisotopic (exact) mass is 290 g/mol. The van der Waals surface area contributed by atoms with Crippen LogP contribution in [-0.4, -0.2) is 32.1 Å². The van der Waals surface area contributed by atoms with Crippen molar-refractivity contribution in [3.05, 3.63) is 0 Å².